The maximum atomic E-state index is 6.26. The van der Waals surface area contributed by atoms with Gasteiger partial charge in [0.05, 0.1) is 14.9 Å². The van der Waals surface area contributed by atoms with Gasteiger partial charge in [-0.15, -0.1) is 11.3 Å². The SMILES string of the molecule is Cc1sc(Br)cc1C(N)c1ccc(Br)c(Cl)c1. The summed E-state index contributed by atoms with van der Waals surface area (Å²) in [6.07, 6.45) is 0. The molecule has 17 heavy (non-hydrogen) atoms. The lowest BCUT2D eigenvalue weighted by Crippen LogP contribution is -2.11. The summed E-state index contributed by atoms with van der Waals surface area (Å²) >= 11 is 14.6. The molecule has 0 fully saturated rings. The molecule has 1 aromatic heterocycles. The van der Waals surface area contributed by atoms with E-state index in [4.69, 9.17) is 17.3 Å². The van der Waals surface area contributed by atoms with Crippen LogP contribution in [-0.2, 0) is 0 Å². The minimum absolute atomic E-state index is 0.136. The summed E-state index contributed by atoms with van der Waals surface area (Å²) in [5, 5.41) is 0.685. The molecule has 0 spiro atoms. The number of rotatable bonds is 2. The van der Waals surface area contributed by atoms with Gasteiger partial charge in [-0.05, 0) is 68.1 Å². The summed E-state index contributed by atoms with van der Waals surface area (Å²) in [5.41, 5.74) is 8.42. The third-order valence-electron chi connectivity index (χ3n) is 2.56. The molecule has 0 aliphatic rings. The minimum Gasteiger partial charge on any atom is -0.320 e. The van der Waals surface area contributed by atoms with Gasteiger partial charge in [0.1, 0.15) is 0 Å². The van der Waals surface area contributed by atoms with E-state index in [2.05, 4.69) is 44.8 Å². The highest BCUT2D eigenvalue weighted by molar-refractivity contribution is 9.11. The van der Waals surface area contributed by atoms with Crippen molar-refractivity contribution < 1.29 is 0 Å². The second-order valence-electron chi connectivity index (χ2n) is 3.71. The van der Waals surface area contributed by atoms with Gasteiger partial charge in [0.15, 0.2) is 0 Å². The molecule has 1 aromatic carbocycles. The number of nitrogens with two attached hydrogens (primary N) is 1. The Morgan fingerprint density at radius 3 is 2.53 bits per heavy atom. The van der Waals surface area contributed by atoms with Gasteiger partial charge in [-0.3, -0.25) is 0 Å². The van der Waals surface area contributed by atoms with Crippen molar-refractivity contribution in [1.82, 2.24) is 0 Å². The van der Waals surface area contributed by atoms with Crippen LogP contribution in [0.15, 0.2) is 32.5 Å². The monoisotopic (exact) mass is 393 g/mol. The Labute approximate surface area is 126 Å². The van der Waals surface area contributed by atoms with E-state index in [1.54, 1.807) is 11.3 Å². The van der Waals surface area contributed by atoms with Crippen molar-refractivity contribution >= 4 is 54.8 Å². The van der Waals surface area contributed by atoms with E-state index in [0.717, 1.165) is 19.4 Å². The predicted molar refractivity (Wildman–Crippen MR) is 81.9 cm³/mol. The Morgan fingerprint density at radius 1 is 1.29 bits per heavy atom. The maximum Gasteiger partial charge on any atom is 0.0704 e. The Morgan fingerprint density at radius 2 is 2.00 bits per heavy atom. The molecule has 0 radical (unpaired) electrons. The van der Waals surface area contributed by atoms with Crippen LogP contribution in [0.3, 0.4) is 0 Å². The van der Waals surface area contributed by atoms with E-state index in [1.165, 1.54) is 4.88 Å². The van der Waals surface area contributed by atoms with Gasteiger partial charge in [-0.25, -0.2) is 0 Å². The number of benzene rings is 1. The predicted octanol–water partition coefficient (Wildman–Crippen LogP) is 5.28. The third kappa shape index (κ3) is 2.93. The lowest BCUT2D eigenvalue weighted by Gasteiger charge is -2.12. The number of aryl methyl sites for hydroxylation is 1. The fourth-order valence-corrected chi connectivity index (χ4v) is 3.85. The van der Waals surface area contributed by atoms with Crippen LogP contribution in [0.1, 0.15) is 22.0 Å². The summed E-state index contributed by atoms with van der Waals surface area (Å²) in [6.45, 7) is 2.07. The van der Waals surface area contributed by atoms with Crippen LogP contribution in [0.2, 0.25) is 5.02 Å². The third-order valence-corrected chi connectivity index (χ3v) is 5.37. The van der Waals surface area contributed by atoms with E-state index >= 15 is 0 Å². The lowest BCUT2D eigenvalue weighted by molar-refractivity contribution is 0.868. The van der Waals surface area contributed by atoms with Crippen molar-refractivity contribution in [2.45, 2.75) is 13.0 Å². The van der Waals surface area contributed by atoms with Gasteiger partial charge >= 0.3 is 0 Å². The smallest absolute Gasteiger partial charge is 0.0704 e. The summed E-state index contributed by atoms with van der Waals surface area (Å²) in [4.78, 5) is 1.23. The Balaban J connectivity index is 2.40. The molecule has 0 saturated heterocycles. The molecule has 1 heterocycles. The molecule has 0 amide bonds. The van der Waals surface area contributed by atoms with E-state index in [-0.39, 0.29) is 6.04 Å². The first kappa shape index (κ1) is 13.6. The van der Waals surface area contributed by atoms with Crippen LogP contribution in [0, 0.1) is 6.92 Å². The highest BCUT2D eigenvalue weighted by atomic mass is 79.9. The molecule has 1 unspecified atom stereocenters. The zero-order valence-electron chi connectivity index (χ0n) is 9.01. The first-order chi connectivity index (χ1) is 7.99. The standard InChI is InChI=1S/C12H10Br2ClNS/c1-6-8(5-11(14)17-6)12(16)7-2-3-9(13)10(15)4-7/h2-5,12H,16H2,1H3. The molecule has 2 rings (SSSR count). The van der Waals surface area contributed by atoms with E-state index in [0.29, 0.717) is 5.02 Å². The molecule has 0 bridgehead atoms. The number of thiophene rings is 1. The molecule has 0 aliphatic carbocycles. The highest BCUT2D eigenvalue weighted by Gasteiger charge is 2.15. The van der Waals surface area contributed by atoms with Crippen molar-refractivity contribution in [3.8, 4) is 0 Å². The molecule has 2 aromatic rings. The fraction of sp³-hybridized carbons (Fsp3) is 0.167. The molecule has 2 N–H and O–H groups in total. The average Bonchev–Trinajstić information content (AvgIpc) is 2.61. The van der Waals surface area contributed by atoms with Gasteiger partial charge in [0.2, 0.25) is 0 Å². The van der Waals surface area contributed by atoms with Crippen LogP contribution in [-0.4, -0.2) is 0 Å². The minimum atomic E-state index is -0.136. The molecule has 5 heteroatoms. The molecular formula is C12H10Br2ClNS. The van der Waals surface area contributed by atoms with E-state index in [9.17, 15) is 0 Å². The second-order valence-corrected chi connectivity index (χ2v) is 7.61. The largest absolute Gasteiger partial charge is 0.320 e. The molecular weight excluding hydrogens is 385 g/mol. The van der Waals surface area contributed by atoms with E-state index < -0.39 is 0 Å². The zero-order valence-corrected chi connectivity index (χ0v) is 13.8. The molecule has 1 atom stereocenters. The van der Waals surface area contributed by atoms with Crippen molar-refractivity contribution in [2.24, 2.45) is 5.73 Å². The van der Waals surface area contributed by atoms with E-state index in [1.807, 2.05) is 18.2 Å². The number of hydrogen-bond donors (Lipinski definition) is 1. The lowest BCUT2D eigenvalue weighted by atomic mass is 10.0. The summed E-state index contributed by atoms with van der Waals surface area (Å²) in [6, 6.07) is 7.75. The van der Waals surface area contributed by atoms with Crippen molar-refractivity contribution in [1.29, 1.82) is 0 Å². The van der Waals surface area contributed by atoms with Crippen molar-refractivity contribution in [2.75, 3.05) is 0 Å². The van der Waals surface area contributed by atoms with Crippen LogP contribution in [0.25, 0.3) is 0 Å². The Hall–Kier alpha value is 0.130. The molecule has 0 saturated carbocycles. The topological polar surface area (TPSA) is 26.0 Å². The Bertz CT molecular complexity index is 553. The number of hydrogen-bond acceptors (Lipinski definition) is 2. The van der Waals surface area contributed by atoms with Gasteiger partial charge < -0.3 is 5.73 Å². The van der Waals surface area contributed by atoms with Gasteiger partial charge in [0.25, 0.3) is 0 Å². The van der Waals surface area contributed by atoms with Crippen molar-refractivity contribution in [3.05, 3.63) is 53.6 Å². The van der Waals surface area contributed by atoms with Crippen LogP contribution >= 0.6 is 54.8 Å². The van der Waals surface area contributed by atoms with Gasteiger partial charge in [-0.2, -0.15) is 0 Å². The van der Waals surface area contributed by atoms with Gasteiger partial charge in [0, 0.05) is 9.35 Å². The van der Waals surface area contributed by atoms with Crippen molar-refractivity contribution in [3.63, 3.8) is 0 Å². The first-order valence-corrected chi connectivity index (χ1v) is 7.73. The second kappa shape index (κ2) is 5.41. The fourth-order valence-electron chi connectivity index (χ4n) is 1.65. The molecule has 90 valence electrons. The van der Waals surface area contributed by atoms with Crippen LogP contribution in [0.4, 0.5) is 0 Å². The summed E-state index contributed by atoms with van der Waals surface area (Å²) in [5.74, 6) is 0. The molecule has 1 nitrogen and oxygen atoms in total. The van der Waals surface area contributed by atoms with Crippen LogP contribution in [0.5, 0.6) is 0 Å². The summed E-state index contributed by atoms with van der Waals surface area (Å²) in [7, 11) is 0. The summed E-state index contributed by atoms with van der Waals surface area (Å²) < 4.78 is 1.99. The quantitative estimate of drug-likeness (QED) is 0.735. The zero-order chi connectivity index (χ0) is 12.6. The first-order valence-electron chi connectivity index (χ1n) is 4.95. The highest BCUT2D eigenvalue weighted by Crippen LogP contribution is 2.34. The normalized spacial score (nSPS) is 12.8. The number of halogens is 3. The maximum absolute atomic E-state index is 6.26. The molecule has 0 aliphatic heterocycles. The Kier molecular flexibility index (Phi) is 4.31. The van der Waals surface area contributed by atoms with Crippen LogP contribution < -0.4 is 5.73 Å². The average molecular weight is 396 g/mol. The van der Waals surface area contributed by atoms with Gasteiger partial charge in [-0.1, -0.05) is 17.7 Å².